The van der Waals surface area contributed by atoms with Gasteiger partial charge in [-0.15, -0.1) is 0 Å². The Balaban J connectivity index is 1.58. The van der Waals surface area contributed by atoms with Gasteiger partial charge in [0.1, 0.15) is 5.54 Å². The third-order valence-corrected chi connectivity index (χ3v) is 5.05. The van der Waals surface area contributed by atoms with E-state index in [0.717, 1.165) is 30.2 Å². The Hall–Kier alpha value is -1.88. The van der Waals surface area contributed by atoms with Crippen molar-refractivity contribution in [3.8, 4) is 0 Å². The average Bonchev–Trinajstić information content (AvgIpc) is 2.64. The number of carbonyl (C=O) groups is 1. The summed E-state index contributed by atoms with van der Waals surface area (Å²) >= 11 is 5.93. The largest absolute Gasteiger partial charge is 0.338 e. The van der Waals surface area contributed by atoms with Crippen LogP contribution in [0.3, 0.4) is 0 Å². The first-order chi connectivity index (χ1) is 12.0. The van der Waals surface area contributed by atoms with Crippen LogP contribution in [0, 0.1) is 0 Å². The topological polar surface area (TPSA) is 49.6 Å². The van der Waals surface area contributed by atoms with E-state index in [1.54, 1.807) is 6.92 Å². The van der Waals surface area contributed by atoms with E-state index in [0.29, 0.717) is 13.1 Å². The standard InChI is InChI=1S/C20H24ClN3O/c1-20(22,17-5-3-2-4-6-17)19(25)24-13-11-23(12-14-24)15-16-7-9-18(21)10-8-16/h2-10H,11-15,22H2,1H3. The smallest absolute Gasteiger partial charge is 0.247 e. The number of hydrogen-bond acceptors (Lipinski definition) is 3. The quantitative estimate of drug-likeness (QED) is 0.915. The van der Waals surface area contributed by atoms with E-state index in [4.69, 9.17) is 17.3 Å². The van der Waals surface area contributed by atoms with Gasteiger partial charge < -0.3 is 10.6 Å². The summed E-state index contributed by atoms with van der Waals surface area (Å²) in [6.07, 6.45) is 0. The van der Waals surface area contributed by atoms with E-state index in [1.165, 1.54) is 5.56 Å². The summed E-state index contributed by atoms with van der Waals surface area (Å²) < 4.78 is 0. The van der Waals surface area contributed by atoms with Crippen molar-refractivity contribution in [1.29, 1.82) is 0 Å². The van der Waals surface area contributed by atoms with Gasteiger partial charge in [0, 0.05) is 37.7 Å². The molecule has 2 aromatic carbocycles. The number of hydrogen-bond donors (Lipinski definition) is 1. The highest BCUT2D eigenvalue weighted by molar-refractivity contribution is 6.30. The van der Waals surface area contributed by atoms with Crippen molar-refractivity contribution in [3.05, 3.63) is 70.7 Å². The number of nitrogens with zero attached hydrogens (tertiary/aromatic N) is 2. The van der Waals surface area contributed by atoms with Gasteiger partial charge in [0.15, 0.2) is 0 Å². The van der Waals surface area contributed by atoms with Crippen molar-refractivity contribution < 1.29 is 4.79 Å². The minimum Gasteiger partial charge on any atom is -0.338 e. The van der Waals surface area contributed by atoms with E-state index in [9.17, 15) is 4.79 Å². The predicted molar refractivity (Wildman–Crippen MR) is 101 cm³/mol. The van der Waals surface area contributed by atoms with Crippen LogP contribution in [-0.4, -0.2) is 41.9 Å². The fourth-order valence-electron chi connectivity index (χ4n) is 3.19. The number of amides is 1. The van der Waals surface area contributed by atoms with E-state index in [2.05, 4.69) is 4.90 Å². The molecule has 3 rings (SSSR count). The van der Waals surface area contributed by atoms with Gasteiger partial charge in [0.2, 0.25) is 5.91 Å². The fourth-order valence-corrected chi connectivity index (χ4v) is 3.32. The highest BCUT2D eigenvalue weighted by atomic mass is 35.5. The van der Waals surface area contributed by atoms with Crippen LogP contribution in [0.4, 0.5) is 0 Å². The van der Waals surface area contributed by atoms with E-state index in [-0.39, 0.29) is 5.91 Å². The summed E-state index contributed by atoms with van der Waals surface area (Å²) in [5, 5.41) is 0.752. The first-order valence-electron chi connectivity index (χ1n) is 8.57. The second kappa shape index (κ2) is 7.56. The zero-order valence-corrected chi connectivity index (χ0v) is 15.2. The predicted octanol–water partition coefficient (Wildman–Crippen LogP) is 2.86. The number of carbonyl (C=O) groups excluding carboxylic acids is 1. The Kier molecular flexibility index (Phi) is 5.42. The van der Waals surface area contributed by atoms with Crippen LogP contribution in [0.2, 0.25) is 5.02 Å². The summed E-state index contributed by atoms with van der Waals surface area (Å²) in [6, 6.07) is 17.5. The molecule has 1 saturated heterocycles. The van der Waals surface area contributed by atoms with E-state index < -0.39 is 5.54 Å². The summed E-state index contributed by atoms with van der Waals surface area (Å²) in [6.45, 7) is 5.76. The van der Waals surface area contributed by atoms with Gasteiger partial charge in [-0.05, 0) is 30.2 Å². The van der Waals surface area contributed by atoms with Gasteiger partial charge in [-0.2, -0.15) is 0 Å². The Bertz CT molecular complexity index is 707. The zero-order valence-electron chi connectivity index (χ0n) is 14.5. The second-order valence-corrected chi connectivity index (χ2v) is 7.20. The molecule has 0 spiro atoms. The molecule has 1 fully saturated rings. The average molecular weight is 358 g/mol. The molecule has 5 heteroatoms. The normalized spacial score (nSPS) is 18.0. The van der Waals surface area contributed by atoms with Crippen molar-refractivity contribution in [2.75, 3.05) is 26.2 Å². The third-order valence-electron chi connectivity index (χ3n) is 4.80. The molecule has 0 aromatic heterocycles. The second-order valence-electron chi connectivity index (χ2n) is 6.76. The van der Waals surface area contributed by atoms with Crippen molar-refractivity contribution in [3.63, 3.8) is 0 Å². The molecule has 0 bridgehead atoms. The molecule has 2 aromatic rings. The summed E-state index contributed by atoms with van der Waals surface area (Å²) in [7, 11) is 0. The molecular weight excluding hydrogens is 334 g/mol. The highest BCUT2D eigenvalue weighted by Crippen LogP contribution is 2.21. The first-order valence-corrected chi connectivity index (χ1v) is 8.95. The van der Waals surface area contributed by atoms with Crippen LogP contribution in [0.15, 0.2) is 54.6 Å². The molecule has 0 saturated carbocycles. The molecule has 1 aliphatic rings. The molecule has 1 atom stereocenters. The van der Waals surface area contributed by atoms with E-state index >= 15 is 0 Å². The van der Waals surface area contributed by atoms with Crippen LogP contribution >= 0.6 is 11.6 Å². The van der Waals surface area contributed by atoms with Crippen molar-refractivity contribution >= 4 is 17.5 Å². The lowest BCUT2D eigenvalue weighted by atomic mass is 9.91. The van der Waals surface area contributed by atoms with Crippen LogP contribution in [-0.2, 0) is 16.9 Å². The summed E-state index contributed by atoms with van der Waals surface area (Å²) in [4.78, 5) is 17.1. The maximum absolute atomic E-state index is 12.9. The summed E-state index contributed by atoms with van der Waals surface area (Å²) in [5.41, 5.74) is 7.46. The van der Waals surface area contributed by atoms with Crippen LogP contribution in [0.1, 0.15) is 18.1 Å². The Labute approximate surface area is 154 Å². The number of rotatable bonds is 4. The molecule has 1 unspecified atom stereocenters. The van der Waals surface area contributed by atoms with E-state index in [1.807, 2.05) is 59.5 Å². The number of piperazine rings is 1. The van der Waals surface area contributed by atoms with Crippen LogP contribution in [0.25, 0.3) is 0 Å². The van der Waals surface area contributed by atoms with Gasteiger partial charge >= 0.3 is 0 Å². The lowest BCUT2D eigenvalue weighted by Gasteiger charge is -2.38. The van der Waals surface area contributed by atoms with Crippen LogP contribution < -0.4 is 5.73 Å². The maximum Gasteiger partial charge on any atom is 0.247 e. The van der Waals surface area contributed by atoms with Gasteiger partial charge in [-0.25, -0.2) is 0 Å². The zero-order chi connectivity index (χ0) is 17.9. The third kappa shape index (κ3) is 4.21. The Morgan fingerprint density at radius 1 is 1.04 bits per heavy atom. The lowest BCUT2D eigenvalue weighted by molar-refractivity contribution is -0.138. The number of nitrogens with two attached hydrogens (primary N) is 1. The van der Waals surface area contributed by atoms with Crippen molar-refractivity contribution in [2.45, 2.75) is 19.0 Å². The fraction of sp³-hybridized carbons (Fsp3) is 0.350. The van der Waals surface area contributed by atoms with Gasteiger partial charge in [-0.1, -0.05) is 54.1 Å². The molecule has 132 valence electrons. The maximum atomic E-state index is 12.9. The molecule has 1 heterocycles. The van der Waals surface area contributed by atoms with Gasteiger partial charge in [-0.3, -0.25) is 9.69 Å². The molecule has 0 radical (unpaired) electrons. The minimum absolute atomic E-state index is 0.00940. The monoisotopic (exact) mass is 357 g/mol. The Morgan fingerprint density at radius 3 is 2.24 bits per heavy atom. The van der Waals surface area contributed by atoms with Gasteiger partial charge in [0.25, 0.3) is 0 Å². The molecule has 1 aliphatic heterocycles. The van der Waals surface area contributed by atoms with Crippen LogP contribution in [0.5, 0.6) is 0 Å². The molecule has 1 amide bonds. The molecule has 0 aliphatic carbocycles. The van der Waals surface area contributed by atoms with Crippen molar-refractivity contribution in [1.82, 2.24) is 9.80 Å². The molecule has 2 N–H and O–H groups in total. The first kappa shape index (κ1) is 17.9. The summed E-state index contributed by atoms with van der Waals surface area (Å²) in [5.74, 6) is -0.00940. The number of halogens is 1. The lowest BCUT2D eigenvalue weighted by Crippen LogP contribution is -2.56. The Morgan fingerprint density at radius 2 is 1.64 bits per heavy atom. The SMILES string of the molecule is CC(N)(C(=O)N1CCN(Cc2ccc(Cl)cc2)CC1)c1ccccc1. The molecule has 25 heavy (non-hydrogen) atoms. The highest BCUT2D eigenvalue weighted by Gasteiger charge is 2.35. The molecular formula is C20H24ClN3O. The number of benzene rings is 2. The van der Waals surface area contributed by atoms with Gasteiger partial charge in [0.05, 0.1) is 0 Å². The minimum atomic E-state index is -0.986. The van der Waals surface area contributed by atoms with Crippen molar-refractivity contribution in [2.24, 2.45) is 5.73 Å². The molecule has 4 nitrogen and oxygen atoms in total.